The molecule has 21 heavy (non-hydrogen) atoms. The van der Waals surface area contributed by atoms with Crippen molar-refractivity contribution in [2.24, 2.45) is 0 Å². The number of thiophene rings is 1. The van der Waals surface area contributed by atoms with Crippen molar-refractivity contribution in [1.29, 1.82) is 0 Å². The van der Waals surface area contributed by atoms with Gasteiger partial charge in [0.25, 0.3) is 0 Å². The number of halogens is 1. The molecule has 1 heterocycles. The molecule has 1 aromatic heterocycles. The van der Waals surface area contributed by atoms with E-state index in [2.05, 4.69) is 5.32 Å². The summed E-state index contributed by atoms with van der Waals surface area (Å²) in [6.07, 6.45) is 1.08. The van der Waals surface area contributed by atoms with E-state index in [9.17, 15) is 14.7 Å². The van der Waals surface area contributed by atoms with Crippen molar-refractivity contribution < 1.29 is 14.7 Å². The highest BCUT2D eigenvalue weighted by Crippen LogP contribution is 2.36. The van der Waals surface area contributed by atoms with Crippen LogP contribution < -0.4 is 5.32 Å². The summed E-state index contributed by atoms with van der Waals surface area (Å²) in [7, 11) is 0. The lowest BCUT2D eigenvalue weighted by Gasteiger charge is -2.05. The third kappa shape index (κ3) is 3.62. The molecular formula is C15H14ClNO3S. The number of rotatable bonds is 5. The Morgan fingerprint density at radius 3 is 2.52 bits per heavy atom. The Bertz CT molecular complexity index is 664. The molecule has 0 spiro atoms. The van der Waals surface area contributed by atoms with E-state index in [0.29, 0.717) is 28.4 Å². The summed E-state index contributed by atoms with van der Waals surface area (Å²) in [4.78, 5) is 23.2. The topological polar surface area (TPSA) is 66.4 Å². The van der Waals surface area contributed by atoms with E-state index < -0.39 is 5.97 Å². The number of carbonyl (C=O) groups excluding carboxylic acids is 1. The molecule has 1 amide bonds. The fourth-order valence-corrected chi connectivity index (χ4v) is 3.02. The van der Waals surface area contributed by atoms with Gasteiger partial charge in [0.15, 0.2) is 0 Å². The van der Waals surface area contributed by atoms with Crippen molar-refractivity contribution in [2.75, 3.05) is 5.32 Å². The van der Waals surface area contributed by atoms with Gasteiger partial charge >= 0.3 is 5.97 Å². The first kappa shape index (κ1) is 15.5. The van der Waals surface area contributed by atoms with Crippen LogP contribution in [0.2, 0.25) is 5.02 Å². The lowest BCUT2D eigenvalue weighted by molar-refractivity contribution is -0.116. The zero-order chi connectivity index (χ0) is 15.4. The van der Waals surface area contributed by atoms with Crippen molar-refractivity contribution in [2.45, 2.75) is 19.8 Å². The summed E-state index contributed by atoms with van der Waals surface area (Å²) in [5, 5.41) is 14.8. The van der Waals surface area contributed by atoms with Gasteiger partial charge in [-0.25, -0.2) is 4.79 Å². The van der Waals surface area contributed by atoms with Crippen LogP contribution in [0.4, 0.5) is 5.00 Å². The summed E-state index contributed by atoms with van der Waals surface area (Å²) in [6.45, 7) is 1.89. The zero-order valence-electron chi connectivity index (χ0n) is 11.4. The summed E-state index contributed by atoms with van der Waals surface area (Å²) in [5.74, 6) is -1.24. The SMILES string of the molecule is CCCC(=O)Nc1scc(-c2ccc(Cl)cc2)c1C(=O)O. The van der Waals surface area contributed by atoms with E-state index in [0.717, 1.165) is 5.56 Å². The van der Waals surface area contributed by atoms with E-state index in [1.54, 1.807) is 29.6 Å². The Labute approximate surface area is 131 Å². The Balaban J connectivity index is 2.39. The molecule has 0 atom stereocenters. The molecule has 0 radical (unpaired) electrons. The Kier molecular flexibility index (Phi) is 4.98. The van der Waals surface area contributed by atoms with Gasteiger partial charge < -0.3 is 10.4 Å². The number of nitrogens with one attached hydrogen (secondary N) is 1. The smallest absolute Gasteiger partial charge is 0.339 e. The fraction of sp³-hybridized carbons (Fsp3) is 0.200. The number of anilines is 1. The molecular weight excluding hydrogens is 310 g/mol. The van der Waals surface area contributed by atoms with Gasteiger partial charge in [-0.3, -0.25) is 4.79 Å². The first-order valence-electron chi connectivity index (χ1n) is 6.43. The molecule has 2 aromatic rings. The number of hydrogen-bond acceptors (Lipinski definition) is 3. The van der Waals surface area contributed by atoms with Gasteiger partial charge in [-0.2, -0.15) is 0 Å². The van der Waals surface area contributed by atoms with Gasteiger partial charge in [0.2, 0.25) is 5.91 Å². The van der Waals surface area contributed by atoms with E-state index in [4.69, 9.17) is 11.6 Å². The molecule has 0 bridgehead atoms. The van der Waals surface area contributed by atoms with Crippen LogP contribution in [-0.2, 0) is 4.79 Å². The molecule has 0 aliphatic heterocycles. The quantitative estimate of drug-likeness (QED) is 0.851. The highest BCUT2D eigenvalue weighted by atomic mass is 35.5. The minimum Gasteiger partial charge on any atom is -0.478 e. The van der Waals surface area contributed by atoms with Gasteiger partial charge in [-0.15, -0.1) is 11.3 Å². The zero-order valence-corrected chi connectivity index (χ0v) is 12.9. The van der Waals surface area contributed by atoms with Crippen LogP contribution in [-0.4, -0.2) is 17.0 Å². The highest BCUT2D eigenvalue weighted by molar-refractivity contribution is 7.15. The lowest BCUT2D eigenvalue weighted by Crippen LogP contribution is -2.12. The number of amides is 1. The summed E-state index contributed by atoms with van der Waals surface area (Å²) in [6, 6.07) is 6.92. The minimum atomic E-state index is -1.06. The summed E-state index contributed by atoms with van der Waals surface area (Å²) < 4.78 is 0. The number of carbonyl (C=O) groups is 2. The first-order chi connectivity index (χ1) is 10.0. The van der Waals surface area contributed by atoms with E-state index in [1.165, 1.54) is 11.3 Å². The number of carboxylic acids is 1. The average Bonchev–Trinajstić information content (AvgIpc) is 2.83. The maximum Gasteiger partial charge on any atom is 0.339 e. The fourth-order valence-electron chi connectivity index (χ4n) is 1.92. The van der Waals surface area contributed by atoms with Gasteiger partial charge in [0.1, 0.15) is 10.6 Å². The Hall–Kier alpha value is -1.85. The highest BCUT2D eigenvalue weighted by Gasteiger charge is 2.20. The number of benzene rings is 1. The average molecular weight is 324 g/mol. The van der Waals surface area contributed by atoms with Crippen molar-refractivity contribution in [1.82, 2.24) is 0 Å². The third-order valence-corrected chi connectivity index (χ3v) is 4.04. The molecule has 0 unspecified atom stereocenters. The summed E-state index contributed by atoms with van der Waals surface area (Å²) in [5.41, 5.74) is 1.45. The van der Waals surface area contributed by atoms with Gasteiger partial charge in [0.05, 0.1) is 0 Å². The van der Waals surface area contributed by atoms with E-state index >= 15 is 0 Å². The van der Waals surface area contributed by atoms with E-state index in [1.807, 2.05) is 6.92 Å². The molecule has 0 aliphatic carbocycles. The molecule has 1 aromatic carbocycles. The van der Waals surface area contributed by atoms with Crippen LogP contribution in [0.1, 0.15) is 30.1 Å². The maximum atomic E-state index is 11.7. The van der Waals surface area contributed by atoms with Crippen LogP contribution in [0.15, 0.2) is 29.6 Å². The van der Waals surface area contributed by atoms with Gasteiger partial charge in [-0.1, -0.05) is 30.7 Å². The van der Waals surface area contributed by atoms with Crippen molar-refractivity contribution >= 4 is 39.8 Å². The standard InChI is InChI=1S/C15H14ClNO3S/c1-2-3-12(18)17-14-13(15(19)20)11(8-21-14)9-4-6-10(16)7-5-9/h4-8H,2-3H2,1H3,(H,17,18)(H,19,20). The molecule has 0 saturated heterocycles. The normalized spacial score (nSPS) is 10.4. The molecule has 6 heteroatoms. The molecule has 2 N–H and O–H groups in total. The molecule has 2 rings (SSSR count). The second-order valence-corrected chi connectivity index (χ2v) is 5.78. The largest absolute Gasteiger partial charge is 0.478 e. The molecule has 0 saturated carbocycles. The maximum absolute atomic E-state index is 11.7. The number of carboxylic acid groups (broad SMARTS) is 1. The van der Waals surface area contributed by atoms with Gasteiger partial charge in [0, 0.05) is 22.4 Å². The van der Waals surface area contributed by atoms with E-state index in [-0.39, 0.29) is 11.5 Å². The second kappa shape index (κ2) is 6.74. The van der Waals surface area contributed by atoms with Crippen LogP contribution in [0.5, 0.6) is 0 Å². The third-order valence-electron chi connectivity index (χ3n) is 2.89. The molecule has 0 fully saturated rings. The summed E-state index contributed by atoms with van der Waals surface area (Å²) >= 11 is 7.05. The van der Waals surface area contributed by atoms with Crippen LogP contribution >= 0.6 is 22.9 Å². The van der Waals surface area contributed by atoms with Crippen LogP contribution in [0.25, 0.3) is 11.1 Å². The van der Waals surface area contributed by atoms with Crippen molar-refractivity contribution in [3.8, 4) is 11.1 Å². The minimum absolute atomic E-state index is 0.117. The number of aromatic carboxylic acids is 1. The first-order valence-corrected chi connectivity index (χ1v) is 7.69. The Morgan fingerprint density at radius 1 is 1.29 bits per heavy atom. The van der Waals surface area contributed by atoms with Crippen LogP contribution in [0.3, 0.4) is 0 Å². The van der Waals surface area contributed by atoms with Gasteiger partial charge in [-0.05, 0) is 24.1 Å². The Morgan fingerprint density at radius 2 is 1.95 bits per heavy atom. The monoisotopic (exact) mass is 323 g/mol. The molecule has 110 valence electrons. The molecule has 4 nitrogen and oxygen atoms in total. The predicted octanol–water partition coefficient (Wildman–Crippen LogP) is 4.51. The lowest BCUT2D eigenvalue weighted by atomic mass is 10.0. The second-order valence-electron chi connectivity index (χ2n) is 4.46. The van der Waals surface area contributed by atoms with Crippen LogP contribution in [0, 0.1) is 0 Å². The van der Waals surface area contributed by atoms with Crippen molar-refractivity contribution in [3.63, 3.8) is 0 Å². The predicted molar refractivity (Wildman–Crippen MR) is 85.3 cm³/mol. The number of hydrogen-bond donors (Lipinski definition) is 2. The van der Waals surface area contributed by atoms with Crippen molar-refractivity contribution in [3.05, 3.63) is 40.2 Å². The molecule has 0 aliphatic rings.